The summed E-state index contributed by atoms with van der Waals surface area (Å²) in [6.45, 7) is 1.63. The third-order valence-corrected chi connectivity index (χ3v) is 9.32. The van der Waals surface area contributed by atoms with Gasteiger partial charge in [-0.15, -0.1) is 0 Å². The van der Waals surface area contributed by atoms with Crippen molar-refractivity contribution in [3.05, 3.63) is 59.7 Å². The Morgan fingerprint density at radius 2 is 1.58 bits per heavy atom. The third-order valence-electron chi connectivity index (χ3n) is 5.39. The van der Waals surface area contributed by atoms with Crippen LogP contribution in [0, 0.1) is 6.92 Å². The summed E-state index contributed by atoms with van der Waals surface area (Å²) in [7, 11) is -8.60. The number of halogens is 4. The van der Waals surface area contributed by atoms with E-state index in [0.717, 1.165) is 12.1 Å². The van der Waals surface area contributed by atoms with E-state index in [4.69, 9.17) is 0 Å². The molecule has 0 bridgehead atoms. The van der Waals surface area contributed by atoms with Crippen LogP contribution in [0.25, 0.3) is 0 Å². The molecular weight excluding hydrogens is 458 g/mol. The van der Waals surface area contributed by atoms with E-state index in [-0.39, 0.29) is 17.7 Å². The predicted octanol–water partition coefficient (Wildman–Crippen LogP) is 4.37. The van der Waals surface area contributed by atoms with Gasteiger partial charge in [0.25, 0.3) is 0 Å². The van der Waals surface area contributed by atoms with Gasteiger partial charge in [-0.1, -0.05) is 24.3 Å². The maximum Gasteiger partial charge on any atom is 0.416 e. The fourth-order valence-electron chi connectivity index (χ4n) is 3.63. The van der Waals surface area contributed by atoms with Crippen LogP contribution in [0.1, 0.15) is 36.8 Å². The van der Waals surface area contributed by atoms with Gasteiger partial charge in [0.15, 0.2) is 0 Å². The van der Waals surface area contributed by atoms with Crippen LogP contribution in [0.2, 0.25) is 0 Å². The lowest BCUT2D eigenvalue weighted by Gasteiger charge is -2.33. The molecule has 0 spiro atoms. The van der Waals surface area contributed by atoms with E-state index in [1.165, 1.54) is 6.07 Å². The Bertz CT molecular complexity index is 1170. The van der Waals surface area contributed by atoms with Gasteiger partial charge in [-0.25, -0.2) is 25.9 Å². The highest BCUT2D eigenvalue weighted by atomic mass is 32.2. The van der Waals surface area contributed by atoms with Gasteiger partial charge in [0, 0.05) is 6.04 Å². The molecule has 0 unspecified atom stereocenters. The molecular formula is C20H21F4NO4S2. The maximum atomic E-state index is 15.4. The Hall–Kier alpha value is -1.98. The molecule has 0 amide bonds. The van der Waals surface area contributed by atoms with Crippen molar-refractivity contribution < 1.29 is 34.4 Å². The molecule has 2 aromatic carbocycles. The summed E-state index contributed by atoms with van der Waals surface area (Å²) in [5.74, 6) is 0. The number of nitrogens with one attached hydrogen (secondary N) is 1. The van der Waals surface area contributed by atoms with E-state index in [1.807, 2.05) is 0 Å². The minimum atomic E-state index is -4.76. The summed E-state index contributed by atoms with van der Waals surface area (Å²) in [5.41, 5.74) is -0.658. The van der Waals surface area contributed by atoms with E-state index >= 15 is 4.39 Å². The molecule has 1 aliphatic rings. The second kappa shape index (κ2) is 8.18. The monoisotopic (exact) mass is 479 g/mol. The van der Waals surface area contributed by atoms with Gasteiger partial charge >= 0.3 is 6.18 Å². The highest BCUT2D eigenvalue weighted by molar-refractivity contribution is 7.92. The number of sulfone groups is 1. The Labute approximate surface area is 178 Å². The lowest BCUT2D eigenvalue weighted by atomic mass is 9.94. The minimum Gasteiger partial charge on any atom is -0.226 e. The fraction of sp³-hybridized carbons (Fsp3) is 0.400. The van der Waals surface area contributed by atoms with Crippen LogP contribution in [0.4, 0.5) is 17.6 Å². The summed E-state index contributed by atoms with van der Waals surface area (Å²) in [6.07, 6.45) is -6.06. The van der Waals surface area contributed by atoms with Gasteiger partial charge in [0.2, 0.25) is 24.9 Å². The fourth-order valence-corrected chi connectivity index (χ4v) is 6.91. The zero-order valence-electron chi connectivity index (χ0n) is 16.5. The third kappa shape index (κ3) is 4.78. The van der Waals surface area contributed by atoms with Gasteiger partial charge in [0.05, 0.1) is 15.4 Å². The van der Waals surface area contributed by atoms with E-state index in [9.17, 15) is 30.0 Å². The molecule has 2 aromatic rings. The lowest BCUT2D eigenvalue weighted by molar-refractivity contribution is -0.137. The van der Waals surface area contributed by atoms with Crippen molar-refractivity contribution in [2.75, 3.05) is 0 Å². The SMILES string of the molecule is Cc1ccccc1S(=O)(=O)N[C@H]1CC[C@@](F)(S(=O)(=O)c2cccc(C(F)(F)F)c2)CC1. The molecule has 0 aliphatic heterocycles. The highest BCUT2D eigenvalue weighted by Crippen LogP contribution is 2.41. The van der Waals surface area contributed by atoms with Gasteiger partial charge in [-0.05, 0) is 62.4 Å². The molecule has 1 N–H and O–H groups in total. The molecule has 11 heteroatoms. The molecule has 5 nitrogen and oxygen atoms in total. The molecule has 170 valence electrons. The molecule has 1 fully saturated rings. The van der Waals surface area contributed by atoms with Crippen molar-refractivity contribution in [2.45, 2.75) is 59.6 Å². The largest absolute Gasteiger partial charge is 0.416 e. The number of hydrogen-bond acceptors (Lipinski definition) is 4. The summed E-state index contributed by atoms with van der Waals surface area (Å²) < 4.78 is 107. The van der Waals surface area contributed by atoms with Crippen LogP contribution in [0.5, 0.6) is 0 Å². The topological polar surface area (TPSA) is 80.3 Å². The van der Waals surface area contributed by atoms with Crippen LogP contribution in [-0.4, -0.2) is 27.9 Å². The molecule has 0 atom stereocenters. The molecule has 0 saturated heterocycles. The van der Waals surface area contributed by atoms with Crippen LogP contribution >= 0.6 is 0 Å². The Kier molecular flexibility index (Phi) is 6.25. The highest BCUT2D eigenvalue weighted by Gasteiger charge is 2.48. The standard InChI is InChI=1S/C20H21F4NO4S2/c1-14-5-2-3-8-18(14)31(28,29)25-16-9-11-19(21,12-10-16)30(26,27)17-7-4-6-15(13-17)20(22,23)24/h2-8,13,16,25H,9-12H2,1H3/t16-,19+. The number of hydrogen-bond donors (Lipinski definition) is 1. The zero-order chi connectivity index (χ0) is 23.1. The van der Waals surface area contributed by atoms with Crippen LogP contribution in [0.15, 0.2) is 58.3 Å². The quantitative estimate of drug-likeness (QED) is 0.646. The predicted molar refractivity (Wildman–Crippen MR) is 106 cm³/mol. The van der Waals surface area contributed by atoms with Crippen molar-refractivity contribution in [3.8, 4) is 0 Å². The first-order valence-corrected chi connectivity index (χ1v) is 12.4. The van der Waals surface area contributed by atoms with Gasteiger partial charge in [0.1, 0.15) is 0 Å². The smallest absolute Gasteiger partial charge is 0.226 e. The zero-order valence-corrected chi connectivity index (χ0v) is 18.1. The second-order valence-electron chi connectivity index (χ2n) is 7.57. The molecule has 0 aromatic heterocycles. The van der Waals surface area contributed by atoms with Gasteiger partial charge < -0.3 is 0 Å². The maximum absolute atomic E-state index is 15.4. The van der Waals surface area contributed by atoms with E-state index in [0.29, 0.717) is 17.7 Å². The Morgan fingerprint density at radius 1 is 0.968 bits per heavy atom. The average molecular weight is 480 g/mol. The molecule has 1 saturated carbocycles. The lowest BCUT2D eigenvalue weighted by Crippen LogP contribution is -2.45. The number of rotatable bonds is 5. The number of alkyl halides is 4. The summed E-state index contributed by atoms with van der Waals surface area (Å²) >= 11 is 0. The molecule has 0 heterocycles. The molecule has 3 rings (SSSR count). The number of aryl methyl sites for hydroxylation is 1. The first-order valence-electron chi connectivity index (χ1n) is 9.45. The normalized spacial score (nSPS) is 22.9. The average Bonchev–Trinajstić information content (AvgIpc) is 2.69. The molecule has 0 radical (unpaired) electrons. The van der Waals surface area contributed by atoms with Crippen LogP contribution < -0.4 is 4.72 Å². The van der Waals surface area contributed by atoms with Crippen molar-refractivity contribution >= 4 is 19.9 Å². The second-order valence-corrected chi connectivity index (χ2v) is 11.5. The van der Waals surface area contributed by atoms with E-state index in [2.05, 4.69) is 4.72 Å². The van der Waals surface area contributed by atoms with Gasteiger partial charge in [-0.2, -0.15) is 13.2 Å². The van der Waals surface area contributed by atoms with Crippen molar-refractivity contribution in [1.82, 2.24) is 4.72 Å². The van der Waals surface area contributed by atoms with E-state index < -0.39 is 60.4 Å². The summed E-state index contributed by atoms with van der Waals surface area (Å²) in [5, 5.41) is -2.78. The molecule has 31 heavy (non-hydrogen) atoms. The van der Waals surface area contributed by atoms with Crippen LogP contribution in [0.3, 0.4) is 0 Å². The number of benzene rings is 2. The number of sulfonamides is 1. The van der Waals surface area contributed by atoms with Crippen molar-refractivity contribution in [2.24, 2.45) is 0 Å². The van der Waals surface area contributed by atoms with Crippen molar-refractivity contribution in [1.29, 1.82) is 0 Å². The first-order chi connectivity index (χ1) is 14.3. The van der Waals surface area contributed by atoms with Crippen LogP contribution in [-0.2, 0) is 26.0 Å². The Balaban J connectivity index is 1.77. The van der Waals surface area contributed by atoms with Gasteiger partial charge in [-0.3, -0.25) is 0 Å². The Morgan fingerprint density at radius 3 is 2.16 bits per heavy atom. The minimum absolute atomic E-state index is 0.0728. The van der Waals surface area contributed by atoms with E-state index in [1.54, 1.807) is 25.1 Å². The summed E-state index contributed by atoms with van der Waals surface area (Å²) in [6, 6.07) is 8.60. The summed E-state index contributed by atoms with van der Waals surface area (Å²) in [4.78, 5) is -0.674. The molecule has 1 aliphatic carbocycles. The first kappa shape index (κ1) is 23.7. The van der Waals surface area contributed by atoms with Crippen molar-refractivity contribution in [3.63, 3.8) is 0 Å².